The smallest absolute Gasteiger partial charge is 0.411 e. The number of hydrogen-bond donors (Lipinski definition) is 2. The van der Waals surface area contributed by atoms with E-state index in [1.807, 2.05) is 37.3 Å². The van der Waals surface area contributed by atoms with Gasteiger partial charge < -0.3 is 10.8 Å². The van der Waals surface area contributed by atoms with Crippen LogP contribution in [0.1, 0.15) is 5.56 Å². The number of nitrogens with zero attached hydrogens (tertiary/aromatic N) is 1. The van der Waals surface area contributed by atoms with E-state index in [-0.39, 0.29) is 0 Å². The van der Waals surface area contributed by atoms with Gasteiger partial charge in [-0.2, -0.15) is 0 Å². The molecule has 0 aliphatic heterocycles. The van der Waals surface area contributed by atoms with Crippen LogP contribution in [0.4, 0.5) is 16.2 Å². The average Bonchev–Trinajstić information content (AvgIpc) is 2.41. The van der Waals surface area contributed by atoms with Gasteiger partial charge in [0.1, 0.15) is 0 Å². The normalized spacial score (nSPS) is 10.2. The summed E-state index contributed by atoms with van der Waals surface area (Å²) in [5, 5.41) is 8.91. The lowest BCUT2D eigenvalue weighted by Crippen LogP contribution is -2.23. The standard InChI is InChI=1S/C15H16N2O2/c1-10-3-6-12(16)9-14(10)11-4-7-13(8-5-11)17(2)15(18)19/h3-9H,16H2,1-2H3,(H,18,19). The lowest BCUT2D eigenvalue weighted by molar-refractivity contribution is 0.203. The van der Waals surface area contributed by atoms with E-state index < -0.39 is 6.09 Å². The molecule has 0 bridgehead atoms. The number of nitrogens with two attached hydrogens (primary N) is 1. The third-order valence-corrected chi connectivity index (χ3v) is 3.11. The Morgan fingerprint density at radius 1 is 1.16 bits per heavy atom. The van der Waals surface area contributed by atoms with Crippen LogP contribution in [0.3, 0.4) is 0 Å². The van der Waals surface area contributed by atoms with Gasteiger partial charge in [0.2, 0.25) is 0 Å². The molecule has 0 aliphatic carbocycles. The molecule has 0 spiro atoms. The molecule has 0 unspecified atom stereocenters. The summed E-state index contributed by atoms with van der Waals surface area (Å²) >= 11 is 0. The van der Waals surface area contributed by atoms with Crippen molar-refractivity contribution in [2.45, 2.75) is 6.92 Å². The Labute approximate surface area is 112 Å². The third kappa shape index (κ3) is 2.68. The van der Waals surface area contributed by atoms with Crippen molar-refractivity contribution in [3.63, 3.8) is 0 Å². The molecule has 3 N–H and O–H groups in total. The second kappa shape index (κ2) is 5.02. The fourth-order valence-corrected chi connectivity index (χ4v) is 1.93. The van der Waals surface area contributed by atoms with Gasteiger partial charge in [0.25, 0.3) is 0 Å². The van der Waals surface area contributed by atoms with E-state index in [1.54, 1.807) is 12.1 Å². The van der Waals surface area contributed by atoms with Gasteiger partial charge in [-0.15, -0.1) is 0 Å². The number of nitrogen functional groups attached to an aromatic ring is 1. The zero-order valence-corrected chi connectivity index (χ0v) is 10.9. The molecule has 2 aromatic rings. The molecule has 4 nitrogen and oxygen atoms in total. The molecular weight excluding hydrogens is 240 g/mol. The Bertz CT molecular complexity index is 606. The molecule has 98 valence electrons. The van der Waals surface area contributed by atoms with E-state index in [4.69, 9.17) is 10.8 Å². The third-order valence-electron chi connectivity index (χ3n) is 3.11. The number of carbonyl (C=O) groups is 1. The number of hydrogen-bond acceptors (Lipinski definition) is 2. The highest BCUT2D eigenvalue weighted by atomic mass is 16.4. The predicted molar refractivity (Wildman–Crippen MR) is 77.5 cm³/mol. The first kappa shape index (κ1) is 13.0. The van der Waals surface area contributed by atoms with Crippen molar-refractivity contribution < 1.29 is 9.90 Å². The van der Waals surface area contributed by atoms with Gasteiger partial charge in [0.05, 0.1) is 0 Å². The molecule has 4 heteroatoms. The largest absolute Gasteiger partial charge is 0.465 e. The zero-order chi connectivity index (χ0) is 14.0. The van der Waals surface area contributed by atoms with Crippen LogP contribution in [0, 0.1) is 6.92 Å². The molecular formula is C15H16N2O2. The highest BCUT2D eigenvalue weighted by Gasteiger charge is 2.08. The molecule has 0 atom stereocenters. The van der Waals surface area contributed by atoms with E-state index >= 15 is 0 Å². The molecule has 0 radical (unpaired) electrons. The number of anilines is 2. The van der Waals surface area contributed by atoms with E-state index in [0.717, 1.165) is 16.7 Å². The monoisotopic (exact) mass is 256 g/mol. The van der Waals surface area contributed by atoms with E-state index in [0.29, 0.717) is 11.4 Å². The molecule has 0 aliphatic rings. The summed E-state index contributed by atoms with van der Waals surface area (Å²) in [4.78, 5) is 12.0. The van der Waals surface area contributed by atoms with Crippen LogP contribution in [-0.2, 0) is 0 Å². The number of rotatable bonds is 2. The Balaban J connectivity index is 2.37. The van der Waals surface area contributed by atoms with Crippen molar-refractivity contribution in [1.82, 2.24) is 0 Å². The zero-order valence-electron chi connectivity index (χ0n) is 10.9. The van der Waals surface area contributed by atoms with Gasteiger partial charge >= 0.3 is 6.09 Å². The van der Waals surface area contributed by atoms with Crippen LogP contribution in [0.25, 0.3) is 11.1 Å². The van der Waals surface area contributed by atoms with E-state index in [9.17, 15) is 4.79 Å². The van der Waals surface area contributed by atoms with Gasteiger partial charge in [-0.3, -0.25) is 4.90 Å². The highest BCUT2D eigenvalue weighted by Crippen LogP contribution is 2.27. The SMILES string of the molecule is Cc1ccc(N)cc1-c1ccc(N(C)C(=O)O)cc1. The molecule has 1 amide bonds. The Hall–Kier alpha value is -2.49. The van der Waals surface area contributed by atoms with Crippen LogP contribution < -0.4 is 10.6 Å². The van der Waals surface area contributed by atoms with Gasteiger partial charge in [-0.1, -0.05) is 18.2 Å². The van der Waals surface area contributed by atoms with Gasteiger partial charge in [-0.05, 0) is 47.9 Å². The summed E-state index contributed by atoms with van der Waals surface area (Å²) in [6, 6.07) is 13.1. The number of aryl methyl sites for hydroxylation is 1. The molecule has 0 saturated heterocycles. The lowest BCUT2D eigenvalue weighted by Gasteiger charge is -2.14. The molecule has 0 aromatic heterocycles. The van der Waals surface area contributed by atoms with Crippen molar-refractivity contribution in [1.29, 1.82) is 0 Å². The molecule has 0 fully saturated rings. The summed E-state index contributed by atoms with van der Waals surface area (Å²) < 4.78 is 0. The first-order valence-electron chi connectivity index (χ1n) is 5.92. The van der Waals surface area contributed by atoms with Gasteiger partial charge in [0, 0.05) is 18.4 Å². The summed E-state index contributed by atoms with van der Waals surface area (Å²) in [5.74, 6) is 0. The maximum atomic E-state index is 10.9. The summed E-state index contributed by atoms with van der Waals surface area (Å²) in [5.41, 5.74) is 10.4. The first-order chi connectivity index (χ1) is 8.99. The second-order valence-corrected chi connectivity index (χ2v) is 4.46. The van der Waals surface area contributed by atoms with Crippen LogP contribution >= 0.6 is 0 Å². The molecule has 0 heterocycles. The average molecular weight is 256 g/mol. The second-order valence-electron chi connectivity index (χ2n) is 4.46. The molecule has 2 aromatic carbocycles. The maximum Gasteiger partial charge on any atom is 0.411 e. The van der Waals surface area contributed by atoms with Gasteiger partial charge in [-0.25, -0.2) is 4.79 Å². The summed E-state index contributed by atoms with van der Waals surface area (Å²) in [6.45, 7) is 2.02. The van der Waals surface area contributed by atoms with E-state index in [1.165, 1.54) is 11.9 Å². The van der Waals surface area contributed by atoms with Crippen molar-refractivity contribution in [3.05, 3.63) is 48.0 Å². The number of benzene rings is 2. The minimum absolute atomic E-state index is 0.637. The van der Waals surface area contributed by atoms with Crippen LogP contribution in [-0.4, -0.2) is 18.2 Å². The fraction of sp³-hybridized carbons (Fsp3) is 0.133. The number of carboxylic acid groups (broad SMARTS) is 1. The molecule has 19 heavy (non-hydrogen) atoms. The van der Waals surface area contributed by atoms with Crippen molar-refractivity contribution in [2.75, 3.05) is 17.7 Å². The van der Waals surface area contributed by atoms with Crippen LogP contribution in [0.15, 0.2) is 42.5 Å². The quantitative estimate of drug-likeness (QED) is 0.810. The maximum absolute atomic E-state index is 10.9. The number of amides is 1. The fourth-order valence-electron chi connectivity index (χ4n) is 1.93. The highest BCUT2D eigenvalue weighted by molar-refractivity contribution is 5.86. The predicted octanol–water partition coefficient (Wildman–Crippen LogP) is 3.36. The van der Waals surface area contributed by atoms with Crippen LogP contribution in [0.5, 0.6) is 0 Å². The summed E-state index contributed by atoms with van der Waals surface area (Å²) in [6.07, 6.45) is -0.979. The molecule has 0 saturated carbocycles. The Kier molecular flexibility index (Phi) is 3.42. The first-order valence-corrected chi connectivity index (χ1v) is 5.92. The van der Waals surface area contributed by atoms with E-state index in [2.05, 4.69) is 0 Å². The molecule has 2 rings (SSSR count). The lowest BCUT2D eigenvalue weighted by atomic mass is 10.00. The summed E-state index contributed by atoms with van der Waals surface area (Å²) in [7, 11) is 1.52. The van der Waals surface area contributed by atoms with Crippen LogP contribution in [0.2, 0.25) is 0 Å². The van der Waals surface area contributed by atoms with Crippen molar-refractivity contribution in [2.24, 2.45) is 0 Å². The Morgan fingerprint density at radius 3 is 2.37 bits per heavy atom. The minimum Gasteiger partial charge on any atom is -0.465 e. The van der Waals surface area contributed by atoms with Crippen molar-refractivity contribution >= 4 is 17.5 Å². The topological polar surface area (TPSA) is 66.6 Å². The minimum atomic E-state index is -0.979. The van der Waals surface area contributed by atoms with Gasteiger partial charge in [0.15, 0.2) is 0 Å². The Morgan fingerprint density at radius 2 is 1.79 bits per heavy atom. The van der Waals surface area contributed by atoms with Crippen molar-refractivity contribution in [3.8, 4) is 11.1 Å².